The van der Waals surface area contributed by atoms with Crippen LogP contribution >= 0.6 is 0 Å². The molecule has 5 heteroatoms. The van der Waals surface area contributed by atoms with Crippen molar-refractivity contribution in [1.29, 1.82) is 0 Å². The molecule has 2 aromatic rings. The lowest BCUT2D eigenvalue weighted by Gasteiger charge is -2.18. The maximum absolute atomic E-state index is 11.8. The van der Waals surface area contributed by atoms with Crippen LogP contribution in [0.3, 0.4) is 0 Å². The van der Waals surface area contributed by atoms with E-state index in [-0.39, 0.29) is 11.9 Å². The number of nitrogens with one attached hydrogen (secondary N) is 1. The second kappa shape index (κ2) is 6.44. The number of amides is 1. The molecular weight excluding hydrogens is 288 g/mol. The average Bonchev–Trinajstić information content (AvgIpc) is 3.17. The highest BCUT2D eigenvalue weighted by Gasteiger charge is 2.21. The molecule has 23 heavy (non-hydrogen) atoms. The number of rotatable bonds is 5. The fraction of sp³-hybridized carbons (Fsp3) is 0.444. The second-order valence-corrected chi connectivity index (χ2v) is 6.41. The lowest BCUT2D eigenvalue weighted by molar-refractivity contribution is -0.117. The number of hydrogen-bond donors (Lipinski definition) is 1. The van der Waals surface area contributed by atoms with Gasteiger partial charge in [0.25, 0.3) is 0 Å². The van der Waals surface area contributed by atoms with Gasteiger partial charge in [-0.2, -0.15) is 5.10 Å². The molecule has 1 aromatic carbocycles. The van der Waals surface area contributed by atoms with Gasteiger partial charge in [-0.15, -0.1) is 0 Å². The van der Waals surface area contributed by atoms with E-state index in [2.05, 4.69) is 37.4 Å². The van der Waals surface area contributed by atoms with Crippen LogP contribution in [0.15, 0.2) is 36.7 Å². The summed E-state index contributed by atoms with van der Waals surface area (Å²) in [6, 6.07) is 8.63. The predicted octanol–water partition coefficient (Wildman–Crippen LogP) is 3.76. The number of hydrogen-bond acceptors (Lipinski definition) is 3. The zero-order valence-electron chi connectivity index (χ0n) is 14.0. The molecule has 3 rings (SSSR count). The summed E-state index contributed by atoms with van der Waals surface area (Å²) < 4.78 is 1.97. The molecule has 0 spiro atoms. The van der Waals surface area contributed by atoms with Gasteiger partial charge < -0.3 is 10.2 Å². The third-order valence-corrected chi connectivity index (χ3v) is 4.29. The first-order chi connectivity index (χ1) is 11.0. The zero-order chi connectivity index (χ0) is 16.4. The summed E-state index contributed by atoms with van der Waals surface area (Å²) in [6.45, 7) is 7.19. The van der Waals surface area contributed by atoms with Crippen LogP contribution in [-0.2, 0) is 4.79 Å². The van der Waals surface area contributed by atoms with E-state index in [0.717, 1.165) is 29.9 Å². The van der Waals surface area contributed by atoms with E-state index >= 15 is 0 Å². The highest BCUT2D eigenvalue weighted by Crippen LogP contribution is 2.25. The largest absolute Gasteiger partial charge is 0.378 e. The molecule has 1 aliphatic rings. The van der Waals surface area contributed by atoms with Crippen LogP contribution < -0.4 is 10.2 Å². The predicted molar refractivity (Wildman–Crippen MR) is 92.7 cm³/mol. The van der Waals surface area contributed by atoms with E-state index in [1.54, 1.807) is 0 Å². The summed E-state index contributed by atoms with van der Waals surface area (Å²) in [5.74, 6) is 0.222. The Kier molecular flexibility index (Phi) is 4.37. The van der Waals surface area contributed by atoms with Crippen molar-refractivity contribution in [2.24, 2.45) is 0 Å². The van der Waals surface area contributed by atoms with E-state index < -0.39 is 0 Å². The molecule has 2 heterocycles. The van der Waals surface area contributed by atoms with Gasteiger partial charge in [-0.1, -0.05) is 0 Å². The summed E-state index contributed by atoms with van der Waals surface area (Å²) in [5.41, 5.74) is 3.20. The molecule has 5 nitrogen and oxygen atoms in total. The second-order valence-electron chi connectivity index (χ2n) is 6.41. The van der Waals surface area contributed by atoms with Crippen molar-refractivity contribution in [3.8, 4) is 0 Å². The Hall–Kier alpha value is -2.30. The summed E-state index contributed by atoms with van der Waals surface area (Å²) in [6.07, 6.45) is 5.61. The molecule has 0 unspecified atom stereocenters. The molecule has 122 valence electrons. The third kappa shape index (κ3) is 3.38. The lowest BCUT2D eigenvalue weighted by atomic mass is 10.1. The quantitative estimate of drug-likeness (QED) is 0.914. The molecule has 0 saturated carbocycles. The van der Waals surface area contributed by atoms with Crippen LogP contribution in [0.4, 0.5) is 11.4 Å². The SMILES string of the molecule is CC(C)n1cc([C@H](C)Nc2ccc(N3CCCC3=O)cc2)cn1. The van der Waals surface area contributed by atoms with Crippen LogP contribution in [0.2, 0.25) is 0 Å². The van der Waals surface area contributed by atoms with Gasteiger partial charge >= 0.3 is 0 Å². The first-order valence-corrected chi connectivity index (χ1v) is 8.25. The van der Waals surface area contributed by atoms with Gasteiger partial charge in [0, 0.05) is 42.1 Å². The Morgan fingerprint density at radius 2 is 1.91 bits per heavy atom. The van der Waals surface area contributed by atoms with Crippen molar-refractivity contribution < 1.29 is 4.79 Å². The van der Waals surface area contributed by atoms with Crippen molar-refractivity contribution in [2.45, 2.75) is 45.7 Å². The molecule has 1 amide bonds. The Labute approximate surface area is 137 Å². The molecule has 0 bridgehead atoms. The van der Waals surface area contributed by atoms with Gasteiger partial charge in [0.05, 0.1) is 12.2 Å². The van der Waals surface area contributed by atoms with E-state index in [1.807, 2.05) is 40.0 Å². The fourth-order valence-electron chi connectivity index (χ4n) is 2.85. The van der Waals surface area contributed by atoms with E-state index in [9.17, 15) is 4.79 Å². The Morgan fingerprint density at radius 3 is 2.48 bits per heavy atom. The smallest absolute Gasteiger partial charge is 0.227 e. The highest BCUT2D eigenvalue weighted by atomic mass is 16.2. The number of nitrogens with zero attached hydrogens (tertiary/aromatic N) is 3. The number of aromatic nitrogens is 2. The molecule has 1 aliphatic heterocycles. The molecule has 1 saturated heterocycles. The molecule has 1 atom stereocenters. The van der Waals surface area contributed by atoms with Crippen molar-refractivity contribution in [2.75, 3.05) is 16.8 Å². The van der Waals surface area contributed by atoms with Crippen LogP contribution in [0.5, 0.6) is 0 Å². The Morgan fingerprint density at radius 1 is 1.17 bits per heavy atom. The maximum atomic E-state index is 11.8. The van der Waals surface area contributed by atoms with Crippen LogP contribution in [0.25, 0.3) is 0 Å². The van der Waals surface area contributed by atoms with Crippen molar-refractivity contribution in [1.82, 2.24) is 9.78 Å². The first kappa shape index (κ1) is 15.6. The molecule has 0 radical (unpaired) electrons. The average molecular weight is 312 g/mol. The molecule has 1 fully saturated rings. The van der Waals surface area contributed by atoms with Crippen molar-refractivity contribution in [3.63, 3.8) is 0 Å². The van der Waals surface area contributed by atoms with Crippen molar-refractivity contribution in [3.05, 3.63) is 42.2 Å². The minimum Gasteiger partial charge on any atom is -0.378 e. The number of carbonyl (C=O) groups is 1. The monoisotopic (exact) mass is 312 g/mol. The van der Waals surface area contributed by atoms with Gasteiger partial charge in [0.2, 0.25) is 5.91 Å². The number of anilines is 2. The van der Waals surface area contributed by atoms with E-state index in [4.69, 9.17) is 0 Å². The van der Waals surface area contributed by atoms with Gasteiger partial charge in [-0.3, -0.25) is 9.48 Å². The summed E-state index contributed by atoms with van der Waals surface area (Å²) in [7, 11) is 0. The molecule has 1 N–H and O–H groups in total. The minimum atomic E-state index is 0.182. The van der Waals surface area contributed by atoms with Gasteiger partial charge in [-0.25, -0.2) is 0 Å². The third-order valence-electron chi connectivity index (χ3n) is 4.29. The van der Waals surface area contributed by atoms with Gasteiger partial charge in [-0.05, 0) is 51.5 Å². The fourth-order valence-corrected chi connectivity index (χ4v) is 2.85. The molecular formula is C18H24N4O. The highest BCUT2D eigenvalue weighted by molar-refractivity contribution is 5.95. The van der Waals surface area contributed by atoms with E-state index in [0.29, 0.717) is 12.5 Å². The molecule has 1 aromatic heterocycles. The van der Waals surface area contributed by atoms with Gasteiger partial charge in [0.1, 0.15) is 0 Å². The van der Waals surface area contributed by atoms with Crippen LogP contribution in [0.1, 0.15) is 51.3 Å². The van der Waals surface area contributed by atoms with E-state index in [1.165, 1.54) is 0 Å². The summed E-state index contributed by atoms with van der Waals surface area (Å²) >= 11 is 0. The minimum absolute atomic E-state index is 0.182. The van der Waals surface area contributed by atoms with Crippen LogP contribution in [0, 0.1) is 0 Å². The standard InChI is InChI=1S/C18H24N4O/c1-13(2)22-12-15(11-19-22)14(3)20-16-6-8-17(9-7-16)21-10-4-5-18(21)23/h6-9,11-14,20H,4-5,10H2,1-3H3/t14-/m0/s1. The summed E-state index contributed by atoms with van der Waals surface area (Å²) in [4.78, 5) is 13.6. The Balaban J connectivity index is 1.66. The number of carbonyl (C=O) groups excluding carboxylic acids is 1. The van der Waals surface area contributed by atoms with Crippen molar-refractivity contribution >= 4 is 17.3 Å². The normalized spacial score (nSPS) is 16.2. The number of benzene rings is 1. The maximum Gasteiger partial charge on any atom is 0.227 e. The molecule has 0 aliphatic carbocycles. The zero-order valence-corrected chi connectivity index (χ0v) is 14.0. The van der Waals surface area contributed by atoms with Gasteiger partial charge in [0.15, 0.2) is 0 Å². The topological polar surface area (TPSA) is 50.2 Å². The van der Waals surface area contributed by atoms with Crippen LogP contribution in [-0.4, -0.2) is 22.2 Å². The first-order valence-electron chi connectivity index (χ1n) is 8.25. The lowest BCUT2D eigenvalue weighted by Crippen LogP contribution is -2.23. The Bertz CT molecular complexity index is 675. The summed E-state index contributed by atoms with van der Waals surface area (Å²) in [5, 5.41) is 7.87.